The topological polar surface area (TPSA) is 92.7 Å². The Balaban J connectivity index is 2.93. The van der Waals surface area contributed by atoms with E-state index in [0.29, 0.717) is 17.9 Å². The number of hydrogen-bond donors (Lipinski definition) is 2. The smallest absolute Gasteiger partial charge is 0.304 e. The van der Waals surface area contributed by atoms with Crippen LogP contribution in [-0.2, 0) is 14.8 Å². The number of carboxylic acid groups (broad SMARTS) is 1. The molecule has 0 bridgehead atoms. The third kappa shape index (κ3) is 4.50. The molecule has 7 heteroatoms. The van der Waals surface area contributed by atoms with Crippen LogP contribution < -0.4 is 9.46 Å². The van der Waals surface area contributed by atoms with Gasteiger partial charge in [-0.25, -0.2) is 13.1 Å². The van der Waals surface area contributed by atoms with E-state index in [-0.39, 0.29) is 11.3 Å². The van der Waals surface area contributed by atoms with E-state index in [9.17, 15) is 13.2 Å². The fourth-order valence-corrected chi connectivity index (χ4v) is 3.07. The molecule has 0 saturated heterocycles. The molecule has 6 nitrogen and oxygen atoms in total. The zero-order valence-electron chi connectivity index (χ0n) is 11.7. The highest BCUT2D eigenvalue weighted by Crippen LogP contribution is 2.22. The Bertz CT molecular complexity index is 582. The van der Waals surface area contributed by atoms with Crippen molar-refractivity contribution in [1.29, 1.82) is 0 Å². The standard InChI is InChI=1S/C13H19NO5S/c1-4-19-12-6-5-11(7-9(12)2)20(17,18)14-10(3)8-13(15)16/h5-7,10,14H,4,8H2,1-3H3,(H,15,16). The van der Waals surface area contributed by atoms with Gasteiger partial charge in [0.2, 0.25) is 10.0 Å². The molecule has 0 aromatic heterocycles. The number of ether oxygens (including phenoxy) is 1. The van der Waals surface area contributed by atoms with Gasteiger partial charge in [-0.15, -0.1) is 0 Å². The first-order chi connectivity index (χ1) is 9.26. The lowest BCUT2D eigenvalue weighted by Crippen LogP contribution is -2.34. The SMILES string of the molecule is CCOc1ccc(S(=O)(=O)NC(C)CC(=O)O)cc1C. The molecule has 20 heavy (non-hydrogen) atoms. The van der Waals surface area contributed by atoms with Crippen molar-refractivity contribution in [1.82, 2.24) is 4.72 Å². The summed E-state index contributed by atoms with van der Waals surface area (Å²) in [5, 5.41) is 8.64. The number of sulfonamides is 1. The first-order valence-corrected chi connectivity index (χ1v) is 7.72. The fourth-order valence-electron chi connectivity index (χ4n) is 1.74. The van der Waals surface area contributed by atoms with Gasteiger partial charge in [-0.05, 0) is 44.5 Å². The van der Waals surface area contributed by atoms with Gasteiger partial charge in [-0.3, -0.25) is 4.79 Å². The summed E-state index contributed by atoms with van der Waals surface area (Å²) in [5.74, 6) is -0.423. The van der Waals surface area contributed by atoms with Crippen LogP contribution >= 0.6 is 0 Å². The molecule has 0 radical (unpaired) electrons. The van der Waals surface area contributed by atoms with Crippen LogP contribution in [0.2, 0.25) is 0 Å². The highest BCUT2D eigenvalue weighted by atomic mass is 32.2. The van der Waals surface area contributed by atoms with Crippen LogP contribution in [-0.4, -0.2) is 32.1 Å². The number of benzene rings is 1. The molecule has 0 aliphatic rings. The van der Waals surface area contributed by atoms with Crippen molar-refractivity contribution in [3.63, 3.8) is 0 Å². The van der Waals surface area contributed by atoms with Gasteiger partial charge >= 0.3 is 5.97 Å². The third-order valence-corrected chi connectivity index (χ3v) is 4.18. The summed E-state index contributed by atoms with van der Waals surface area (Å²) in [4.78, 5) is 10.6. The normalized spacial score (nSPS) is 12.9. The molecular formula is C13H19NO5S. The van der Waals surface area contributed by atoms with Gasteiger partial charge in [0.1, 0.15) is 5.75 Å². The van der Waals surface area contributed by atoms with Crippen LogP contribution in [0.15, 0.2) is 23.1 Å². The molecule has 0 amide bonds. The minimum Gasteiger partial charge on any atom is -0.494 e. The van der Waals surface area contributed by atoms with Crippen molar-refractivity contribution in [2.45, 2.75) is 38.1 Å². The Labute approximate surface area is 118 Å². The maximum atomic E-state index is 12.1. The number of nitrogens with one attached hydrogen (secondary N) is 1. The maximum Gasteiger partial charge on any atom is 0.304 e. The van der Waals surface area contributed by atoms with E-state index in [1.54, 1.807) is 13.0 Å². The molecule has 1 aromatic carbocycles. The summed E-state index contributed by atoms with van der Waals surface area (Å²) in [6.07, 6.45) is -0.269. The zero-order chi connectivity index (χ0) is 15.3. The van der Waals surface area contributed by atoms with E-state index in [1.807, 2.05) is 6.92 Å². The number of hydrogen-bond acceptors (Lipinski definition) is 4. The lowest BCUT2D eigenvalue weighted by molar-refractivity contribution is -0.137. The molecule has 1 rings (SSSR count). The summed E-state index contributed by atoms with van der Waals surface area (Å²) in [7, 11) is -3.73. The van der Waals surface area contributed by atoms with Crippen LogP contribution in [0.4, 0.5) is 0 Å². The van der Waals surface area contributed by atoms with Gasteiger partial charge in [-0.2, -0.15) is 0 Å². The van der Waals surface area contributed by atoms with Gasteiger partial charge in [0.05, 0.1) is 17.9 Å². The van der Waals surface area contributed by atoms with Crippen molar-refractivity contribution in [3.8, 4) is 5.75 Å². The van der Waals surface area contributed by atoms with Crippen LogP contribution in [0.3, 0.4) is 0 Å². The minimum atomic E-state index is -3.73. The number of aryl methyl sites for hydroxylation is 1. The molecule has 112 valence electrons. The van der Waals surface area contributed by atoms with Crippen molar-refractivity contribution >= 4 is 16.0 Å². The van der Waals surface area contributed by atoms with Gasteiger partial charge in [0.25, 0.3) is 0 Å². The van der Waals surface area contributed by atoms with E-state index in [2.05, 4.69) is 4.72 Å². The second-order valence-electron chi connectivity index (χ2n) is 4.48. The van der Waals surface area contributed by atoms with Gasteiger partial charge in [0.15, 0.2) is 0 Å². The Morgan fingerprint density at radius 2 is 2.10 bits per heavy atom. The summed E-state index contributed by atoms with van der Waals surface area (Å²) in [5.41, 5.74) is 0.709. The van der Waals surface area contributed by atoms with Crippen molar-refractivity contribution in [2.75, 3.05) is 6.61 Å². The van der Waals surface area contributed by atoms with Crippen LogP contribution in [0, 0.1) is 6.92 Å². The number of aliphatic carboxylic acids is 1. The van der Waals surface area contributed by atoms with Gasteiger partial charge in [0, 0.05) is 6.04 Å². The van der Waals surface area contributed by atoms with E-state index >= 15 is 0 Å². The Morgan fingerprint density at radius 1 is 1.45 bits per heavy atom. The maximum absolute atomic E-state index is 12.1. The number of carbonyl (C=O) groups is 1. The molecule has 0 fully saturated rings. The van der Waals surface area contributed by atoms with E-state index < -0.39 is 22.0 Å². The van der Waals surface area contributed by atoms with Crippen molar-refractivity contribution in [2.24, 2.45) is 0 Å². The van der Waals surface area contributed by atoms with Crippen LogP contribution in [0.5, 0.6) is 5.75 Å². The molecule has 1 atom stereocenters. The molecular weight excluding hydrogens is 282 g/mol. The average molecular weight is 301 g/mol. The molecule has 0 spiro atoms. The summed E-state index contributed by atoms with van der Waals surface area (Å²) in [6, 6.07) is 3.86. The van der Waals surface area contributed by atoms with Gasteiger partial charge in [-0.1, -0.05) is 0 Å². The van der Waals surface area contributed by atoms with Crippen molar-refractivity contribution in [3.05, 3.63) is 23.8 Å². The minimum absolute atomic E-state index is 0.0932. The van der Waals surface area contributed by atoms with Gasteiger partial charge < -0.3 is 9.84 Å². The predicted octanol–water partition coefficient (Wildman–Crippen LogP) is 1.54. The molecule has 0 heterocycles. The van der Waals surface area contributed by atoms with Crippen molar-refractivity contribution < 1.29 is 23.1 Å². The van der Waals surface area contributed by atoms with E-state index in [0.717, 1.165) is 0 Å². The first kappa shape index (κ1) is 16.5. The fraction of sp³-hybridized carbons (Fsp3) is 0.462. The molecule has 0 aliphatic heterocycles. The molecule has 2 N–H and O–H groups in total. The molecule has 1 unspecified atom stereocenters. The number of carboxylic acids is 1. The highest BCUT2D eigenvalue weighted by molar-refractivity contribution is 7.89. The largest absolute Gasteiger partial charge is 0.494 e. The first-order valence-electron chi connectivity index (χ1n) is 6.24. The van der Waals surface area contributed by atoms with E-state index in [1.165, 1.54) is 19.1 Å². The Hall–Kier alpha value is -1.60. The second-order valence-corrected chi connectivity index (χ2v) is 6.19. The number of rotatable bonds is 7. The summed E-state index contributed by atoms with van der Waals surface area (Å²) in [6.45, 7) is 5.61. The van der Waals surface area contributed by atoms with Crippen LogP contribution in [0.1, 0.15) is 25.8 Å². The summed E-state index contributed by atoms with van der Waals surface area (Å²) >= 11 is 0. The average Bonchev–Trinajstić information content (AvgIpc) is 2.29. The third-order valence-electron chi connectivity index (χ3n) is 2.59. The second kappa shape index (κ2) is 6.71. The molecule has 0 saturated carbocycles. The quantitative estimate of drug-likeness (QED) is 0.797. The summed E-state index contributed by atoms with van der Waals surface area (Å²) < 4.78 is 31.9. The molecule has 0 aliphatic carbocycles. The van der Waals surface area contributed by atoms with Crippen LogP contribution in [0.25, 0.3) is 0 Å². The monoisotopic (exact) mass is 301 g/mol. The Morgan fingerprint density at radius 3 is 2.60 bits per heavy atom. The zero-order valence-corrected chi connectivity index (χ0v) is 12.5. The highest BCUT2D eigenvalue weighted by Gasteiger charge is 2.19. The Kier molecular flexibility index (Phi) is 5.52. The lowest BCUT2D eigenvalue weighted by atomic mass is 10.2. The predicted molar refractivity (Wildman–Crippen MR) is 74.4 cm³/mol. The lowest BCUT2D eigenvalue weighted by Gasteiger charge is -2.14. The van der Waals surface area contributed by atoms with E-state index in [4.69, 9.17) is 9.84 Å². The molecule has 1 aromatic rings.